The molecule has 0 N–H and O–H groups in total. The van der Waals surface area contributed by atoms with Crippen molar-refractivity contribution in [1.29, 1.82) is 0 Å². The first-order valence-corrected chi connectivity index (χ1v) is 11.5. The average Bonchev–Trinajstić information content (AvgIpc) is 3.43. The van der Waals surface area contributed by atoms with E-state index in [0.717, 1.165) is 32.9 Å². The Balaban J connectivity index is 1.29. The van der Waals surface area contributed by atoms with Gasteiger partial charge in [0.15, 0.2) is 0 Å². The van der Waals surface area contributed by atoms with E-state index in [-0.39, 0.29) is 17.9 Å². The number of halogens is 1. The van der Waals surface area contributed by atoms with Gasteiger partial charge in [0.2, 0.25) is 5.91 Å². The number of hydrogen-bond acceptors (Lipinski definition) is 6. The van der Waals surface area contributed by atoms with Crippen molar-refractivity contribution in [2.24, 2.45) is 0 Å². The van der Waals surface area contributed by atoms with Crippen LogP contribution in [0.3, 0.4) is 0 Å². The zero-order valence-electron chi connectivity index (χ0n) is 14.7. The molecule has 27 heavy (non-hydrogen) atoms. The molecule has 2 saturated heterocycles. The predicted octanol–water partition coefficient (Wildman–Crippen LogP) is 3.03. The third-order valence-corrected chi connectivity index (χ3v) is 7.56. The number of nitrogens with zero attached hydrogens (tertiary/aromatic N) is 3. The Morgan fingerprint density at radius 3 is 2.63 bits per heavy atom. The van der Waals surface area contributed by atoms with E-state index in [4.69, 9.17) is 4.74 Å². The molecule has 0 aliphatic carbocycles. The van der Waals surface area contributed by atoms with Gasteiger partial charge in [-0.1, -0.05) is 0 Å². The van der Waals surface area contributed by atoms with Crippen LogP contribution < -0.4 is 0 Å². The van der Waals surface area contributed by atoms with Gasteiger partial charge in [-0.2, -0.15) is 0 Å². The second-order valence-corrected chi connectivity index (χ2v) is 9.34. The smallest absolute Gasteiger partial charge is 0.251 e. The summed E-state index contributed by atoms with van der Waals surface area (Å²) >= 11 is 6.65. The maximum absolute atomic E-state index is 12.6. The van der Waals surface area contributed by atoms with Gasteiger partial charge in [0, 0.05) is 48.0 Å². The molecule has 6 nitrogen and oxygen atoms in total. The molecule has 2 aliphatic heterocycles. The average molecular weight is 470 g/mol. The Bertz CT molecular complexity index is 823. The van der Waals surface area contributed by atoms with Crippen LogP contribution in [0.2, 0.25) is 0 Å². The minimum absolute atomic E-state index is 0.0726. The fraction of sp³-hybridized carbons (Fsp3) is 0.500. The van der Waals surface area contributed by atoms with Crippen LogP contribution in [0.4, 0.5) is 0 Å². The number of thiazole rings is 1. The van der Waals surface area contributed by atoms with Crippen LogP contribution in [0.15, 0.2) is 21.3 Å². The first-order chi connectivity index (χ1) is 13.1. The van der Waals surface area contributed by atoms with Crippen molar-refractivity contribution in [3.05, 3.63) is 27.0 Å². The predicted molar refractivity (Wildman–Crippen MR) is 109 cm³/mol. The molecule has 4 heterocycles. The van der Waals surface area contributed by atoms with Crippen LogP contribution >= 0.6 is 38.6 Å². The van der Waals surface area contributed by atoms with Crippen LogP contribution in [-0.4, -0.2) is 65.5 Å². The summed E-state index contributed by atoms with van der Waals surface area (Å²) < 4.78 is 6.53. The van der Waals surface area contributed by atoms with Gasteiger partial charge in [0.05, 0.1) is 17.0 Å². The van der Waals surface area contributed by atoms with E-state index in [2.05, 4.69) is 20.9 Å². The van der Waals surface area contributed by atoms with E-state index in [1.807, 2.05) is 26.6 Å². The van der Waals surface area contributed by atoms with Crippen LogP contribution in [0.25, 0.3) is 9.88 Å². The number of amides is 2. The monoisotopic (exact) mass is 469 g/mol. The molecule has 0 saturated carbocycles. The lowest BCUT2D eigenvalue weighted by Crippen LogP contribution is -2.53. The third kappa shape index (κ3) is 4.42. The molecule has 0 aromatic carbocycles. The Morgan fingerprint density at radius 2 is 1.96 bits per heavy atom. The normalized spacial score (nSPS) is 20.3. The van der Waals surface area contributed by atoms with Gasteiger partial charge in [-0.05, 0) is 34.8 Å². The van der Waals surface area contributed by atoms with E-state index in [0.29, 0.717) is 39.2 Å². The minimum Gasteiger partial charge on any atom is -0.368 e. The van der Waals surface area contributed by atoms with Crippen LogP contribution in [-0.2, 0) is 20.7 Å². The number of aromatic nitrogens is 1. The second-order valence-electron chi connectivity index (χ2n) is 6.66. The molecule has 1 atom stereocenters. The molecule has 0 spiro atoms. The Kier molecular flexibility index (Phi) is 5.91. The van der Waals surface area contributed by atoms with Crippen LogP contribution in [0.5, 0.6) is 0 Å². The lowest BCUT2D eigenvalue weighted by molar-refractivity contribution is -0.145. The first-order valence-electron chi connectivity index (χ1n) is 8.97. The standard InChI is InChI=1S/C18H20BrN3O3S2/c19-12-8-15(26-10-12)17-20-13(11-27-17)9-16(23)21-3-5-22(6-4-21)18(24)14-2-1-7-25-14/h8,10-11,14H,1-7,9H2. The van der Waals surface area contributed by atoms with Crippen molar-refractivity contribution >= 4 is 50.4 Å². The number of carbonyl (C=O) groups excluding carboxylic acids is 2. The molecule has 2 aliphatic rings. The van der Waals surface area contributed by atoms with Gasteiger partial charge < -0.3 is 14.5 Å². The summed E-state index contributed by atoms with van der Waals surface area (Å²) in [5.74, 6) is 0.147. The second kappa shape index (κ2) is 8.38. The minimum atomic E-state index is -0.280. The van der Waals surface area contributed by atoms with Crippen molar-refractivity contribution in [3.8, 4) is 9.88 Å². The number of rotatable bonds is 4. The molecule has 1 unspecified atom stereocenters. The highest BCUT2D eigenvalue weighted by Gasteiger charge is 2.31. The molecule has 2 aromatic heterocycles. The van der Waals surface area contributed by atoms with Crippen molar-refractivity contribution < 1.29 is 14.3 Å². The van der Waals surface area contributed by atoms with E-state index >= 15 is 0 Å². The van der Waals surface area contributed by atoms with Gasteiger partial charge in [-0.25, -0.2) is 4.98 Å². The lowest BCUT2D eigenvalue weighted by atomic mass is 10.2. The van der Waals surface area contributed by atoms with Crippen molar-refractivity contribution in [2.75, 3.05) is 32.8 Å². The molecule has 2 aromatic rings. The number of ether oxygens (including phenoxy) is 1. The largest absolute Gasteiger partial charge is 0.368 e. The molecule has 9 heteroatoms. The summed E-state index contributed by atoms with van der Waals surface area (Å²) in [6.07, 6.45) is 1.79. The summed E-state index contributed by atoms with van der Waals surface area (Å²) in [6.45, 7) is 2.98. The lowest BCUT2D eigenvalue weighted by Gasteiger charge is -2.35. The Morgan fingerprint density at radius 1 is 1.19 bits per heavy atom. The van der Waals surface area contributed by atoms with Gasteiger partial charge >= 0.3 is 0 Å². The van der Waals surface area contributed by atoms with Crippen LogP contribution in [0.1, 0.15) is 18.5 Å². The SMILES string of the molecule is O=C(Cc1csc(-c2cc(Br)cs2)n1)N1CCN(C(=O)C2CCCO2)CC1. The molecule has 0 radical (unpaired) electrons. The third-order valence-electron chi connectivity index (χ3n) is 4.81. The van der Waals surface area contributed by atoms with Gasteiger partial charge in [0.25, 0.3) is 5.91 Å². The molecule has 4 rings (SSSR count). The summed E-state index contributed by atoms with van der Waals surface area (Å²) in [4.78, 5) is 34.4. The fourth-order valence-corrected chi connectivity index (χ4v) is 5.67. The Hall–Kier alpha value is -1.29. The maximum atomic E-state index is 12.6. The number of hydrogen-bond donors (Lipinski definition) is 0. The number of piperazine rings is 1. The van der Waals surface area contributed by atoms with Gasteiger partial charge in [-0.3, -0.25) is 9.59 Å². The highest BCUT2D eigenvalue weighted by molar-refractivity contribution is 9.10. The Labute approximate surface area is 174 Å². The van der Waals surface area contributed by atoms with Gasteiger partial charge in [0.1, 0.15) is 11.1 Å². The van der Waals surface area contributed by atoms with E-state index in [9.17, 15) is 9.59 Å². The number of thiophene rings is 1. The zero-order chi connectivity index (χ0) is 18.8. The van der Waals surface area contributed by atoms with Crippen molar-refractivity contribution in [1.82, 2.24) is 14.8 Å². The van der Waals surface area contributed by atoms with Crippen molar-refractivity contribution in [2.45, 2.75) is 25.4 Å². The van der Waals surface area contributed by atoms with Crippen LogP contribution in [0, 0.1) is 0 Å². The summed E-state index contributed by atoms with van der Waals surface area (Å²) in [7, 11) is 0. The molecular formula is C18H20BrN3O3S2. The highest BCUT2D eigenvalue weighted by atomic mass is 79.9. The van der Waals surface area contributed by atoms with E-state index in [1.54, 1.807) is 22.7 Å². The zero-order valence-corrected chi connectivity index (χ0v) is 17.9. The molecular weight excluding hydrogens is 450 g/mol. The first kappa shape index (κ1) is 19.0. The summed E-state index contributed by atoms with van der Waals surface area (Å²) in [5, 5.41) is 4.93. The molecule has 2 amide bonds. The molecule has 144 valence electrons. The van der Waals surface area contributed by atoms with E-state index in [1.165, 1.54) is 0 Å². The van der Waals surface area contributed by atoms with E-state index < -0.39 is 0 Å². The molecule has 0 bridgehead atoms. The van der Waals surface area contributed by atoms with Gasteiger partial charge in [-0.15, -0.1) is 22.7 Å². The summed E-state index contributed by atoms with van der Waals surface area (Å²) in [5.41, 5.74) is 0.808. The highest BCUT2D eigenvalue weighted by Crippen LogP contribution is 2.32. The topological polar surface area (TPSA) is 62.7 Å². The fourth-order valence-electron chi connectivity index (χ4n) is 3.35. The molecule has 2 fully saturated rings. The van der Waals surface area contributed by atoms with Crippen molar-refractivity contribution in [3.63, 3.8) is 0 Å². The summed E-state index contributed by atoms with van der Waals surface area (Å²) in [6, 6.07) is 2.04. The maximum Gasteiger partial charge on any atom is 0.251 e. The quantitative estimate of drug-likeness (QED) is 0.690. The number of carbonyl (C=O) groups is 2.